The maximum absolute atomic E-state index is 11.3. The molecule has 0 fully saturated rings. The Labute approximate surface area is 85.1 Å². The second-order valence-electron chi connectivity index (χ2n) is 3.23. The zero-order valence-electron chi connectivity index (χ0n) is 7.77. The summed E-state index contributed by atoms with van der Waals surface area (Å²) in [6.07, 6.45) is 1.49. The Kier molecular flexibility index (Phi) is 1.62. The van der Waals surface area contributed by atoms with E-state index in [0.29, 0.717) is 11.5 Å². The van der Waals surface area contributed by atoms with Crippen LogP contribution in [0.25, 0.3) is 10.8 Å². The Morgan fingerprint density at radius 2 is 2.13 bits per heavy atom. The van der Waals surface area contributed by atoms with Gasteiger partial charge in [0, 0.05) is 17.6 Å². The first kappa shape index (κ1) is 8.23. The summed E-state index contributed by atoms with van der Waals surface area (Å²) in [7, 11) is 0. The van der Waals surface area contributed by atoms with E-state index in [-0.39, 0.29) is 12.4 Å². The van der Waals surface area contributed by atoms with Crippen molar-refractivity contribution in [2.75, 3.05) is 6.79 Å². The van der Waals surface area contributed by atoms with E-state index in [0.717, 1.165) is 10.8 Å². The van der Waals surface area contributed by atoms with Crippen molar-refractivity contribution < 1.29 is 9.47 Å². The fourth-order valence-corrected chi connectivity index (χ4v) is 1.66. The lowest BCUT2D eigenvalue weighted by Crippen LogP contribution is -1.97. The second-order valence-corrected chi connectivity index (χ2v) is 3.23. The highest BCUT2D eigenvalue weighted by Gasteiger charge is 2.15. The topological polar surface area (TPSA) is 48.4 Å². The lowest BCUT2D eigenvalue weighted by Gasteiger charge is -1.97. The zero-order chi connectivity index (χ0) is 10.3. The number of fused-ring (bicyclic) bond motifs is 3. The van der Waals surface area contributed by atoms with Crippen molar-refractivity contribution in [2.24, 2.45) is 0 Å². The van der Waals surface area contributed by atoms with Crippen molar-refractivity contribution in [2.45, 2.75) is 0 Å². The number of hydrogen-bond donors (Lipinski definition) is 0. The first-order valence-electron chi connectivity index (χ1n) is 4.53. The van der Waals surface area contributed by atoms with Gasteiger partial charge in [-0.05, 0) is 17.5 Å². The van der Waals surface area contributed by atoms with E-state index >= 15 is 0 Å². The van der Waals surface area contributed by atoms with Crippen LogP contribution in [0.2, 0.25) is 0 Å². The van der Waals surface area contributed by atoms with Crippen molar-refractivity contribution in [3.05, 3.63) is 40.8 Å². The SMILES string of the molecule is O=c1cc2c3c(ccc2ccn1)OCO3. The number of ether oxygens (including phenoxy) is 2. The van der Waals surface area contributed by atoms with Gasteiger partial charge in [0.2, 0.25) is 6.79 Å². The molecule has 15 heavy (non-hydrogen) atoms. The number of benzene rings is 1. The minimum Gasteiger partial charge on any atom is -0.454 e. The molecule has 0 unspecified atom stereocenters. The van der Waals surface area contributed by atoms with E-state index in [9.17, 15) is 4.79 Å². The number of nitrogens with zero attached hydrogens (tertiary/aromatic N) is 1. The third kappa shape index (κ3) is 1.22. The van der Waals surface area contributed by atoms with Crippen LogP contribution in [-0.4, -0.2) is 11.8 Å². The molecule has 1 aromatic heterocycles. The Bertz CT molecular complexity index is 595. The van der Waals surface area contributed by atoms with Gasteiger partial charge in [-0.25, -0.2) is 4.98 Å². The minimum atomic E-state index is -0.283. The summed E-state index contributed by atoms with van der Waals surface area (Å²) in [5.74, 6) is 1.30. The molecule has 0 radical (unpaired) electrons. The number of rotatable bonds is 0. The molecule has 4 heteroatoms. The van der Waals surface area contributed by atoms with Gasteiger partial charge >= 0.3 is 0 Å². The quantitative estimate of drug-likeness (QED) is 0.645. The molecule has 0 bridgehead atoms. The Morgan fingerprint density at radius 1 is 1.20 bits per heavy atom. The average Bonchev–Trinajstić information content (AvgIpc) is 2.61. The van der Waals surface area contributed by atoms with E-state index in [1.54, 1.807) is 6.07 Å². The molecular formula is C11H7NO3. The highest BCUT2D eigenvalue weighted by Crippen LogP contribution is 2.37. The van der Waals surface area contributed by atoms with Crippen molar-refractivity contribution in [1.82, 2.24) is 4.98 Å². The molecule has 0 saturated heterocycles. The predicted molar refractivity (Wildman–Crippen MR) is 54.1 cm³/mol. The lowest BCUT2D eigenvalue weighted by molar-refractivity contribution is 0.175. The Hall–Kier alpha value is -2.10. The third-order valence-electron chi connectivity index (χ3n) is 2.34. The second kappa shape index (κ2) is 2.95. The number of aromatic nitrogens is 1. The molecule has 3 rings (SSSR count). The summed E-state index contributed by atoms with van der Waals surface area (Å²) in [6.45, 7) is 0.203. The summed E-state index contributed by atoms with van der Waals surface area (Å²) >= 11 is 0. The largest absolute Gasteiger partial charge is 0.454 e. The highest BCUT2D eigenvalue weighted by atomic mass is 16.7. The molecule has 1 aliphatic rings. The van der Waals surface area contributed by atoms with Crippen LogP contribution in [0.4, 0.5) is 0 Å². The summed E-state index contributed by atoms with van der Waals surface area (Å²) in [4.78, 5) is 15.0. The van der Waals surface area contributed by atoms with Crippen LogP contribution in [-0.2, 0) is 0 Å². The predicted octanol–water partition coefficient (Wildman–Crippen LogP) is 1.32. The van der Waals surface area contributed by atoms with Gasteiger partial charge < -0.3 is 9.47 Å². The van der Waals surface area contributed by atoms with Crippen molar-refractivity contribution in [1.29, 1.82) is 0 Å². The van der Waals surface area contributed by atoms with Crippen molar-refractivity contribution >= 4 is 10.8 Å². The molecule has 1 aromatic carbocycles. The lowest BCUT2D eigenvalue weighted by atomic mass is 10.1. The van der Waals surface area contributed by atoms with E-state index in [1.807, 2.05) is 12.1 Å². The van der Waals surface area contributed by atoms with Gasteiger partial charge in [0.25, 0.3) is 5.56 Å². The maximum atomic E-state index is 11.3. The van der Waals surface area contributed by atoms with Gasteiger partial charge in [0.1, 0.15) is 0 Å². The van der Waals surface area contributed by atoms with Gasteiger partial charge in [-0.15, -0.1) is 0 Å². The molecule has 0 atom stereocenters. The highest BCUT2D eigenvalue weighted by molar-refractivity contribution is 5.90. The first-order chi connectivity index (χ1) is 7.34. The molecule has 4 nitrogen and oxygen atoms in total. The van der Waals surface area contributed by atoms with Crippen LogP contribution >= 0.6 is 0 Å². The van der Waals surface area contributed by atoms with Crippen LogP contribution in [0, 0.1) is 0 Å². The average molecular weight is 201 g/mol. The molecule has 0 amide bonds. The van der Waals surface area contributed by atoms with Crippen molar-refractivity contribution in [3.8, 4) is 11.5 Å². The molecule has 1 aliphatic heterocycles. The van der Waals surface area contributed by atoms with Crippen LogP contribution in [0.5, 0.6) is 11.5 Å². The van der Waals surface area contributed by atoms with Gasteiger partial charge in [0.15, 0.2) is 11.5 Å². The van der Waals surface area contributed by atoms with E-state index in [4.69, 9.17) is 9.47 Å². The molecule has 0 aliphatic carbocycles. The number of hydrogen-bond acceptors (Lipinski definition) is 4. The fraction of sp³-hybridized carbons (Fsp3) is 0.0909. The van der Waals surface area contributed by atoms with Gasteiger partial charge in [-0.2, -0.15) is 0 Å². The third-order valence-corrected chi connectivity index (χ3v) is 2.34. The molecule has 0 saturated carbocycles. The molecule has 0 spiro atoms. The standard InChI is InChI=1S/C11H7NO3/c13-10-5-8-7(3-4-12-10)1-2-9-11(8)15-6-14-9/h1-5H,6H2. The summed E-state index contributed by atoms with van der Waals surface area (Å²) < 4.78 is 10.6. The normalized spacial score (nSPS) is 13.1. The van der Waals surface area contributed by atoms with Crippen LogP contribution < -0.4 is 15.0 Å². The van der Waals surface area contributed by atoms with Crippen LogP contribution in [0.3, 0.4) is 0 Å². The maximum Gasteiger partial charge on any atom is 0.270 e. The summed E-state index contributed by atoms with van der Waals surface area (Å²) in [5.41, 5.74) is -0.283. The van der Waals surface area contributed by atoms with Gasteiger partial charge in [-0.1, -0.05) is 6.07 Å². The van der Waals surface area contributed by atoms with E-state index in [2.05, 4.69) is 4.98 Å². The summed E-state index contributed by atoms with van der Waals surface area (Å²) in [5, 5.41) is 1.65. The molecule has 2 heterocycles. The molecular weight excluding hydrogens is 194 g/mol. The van der Waals surface area contributed by atoms with Gasteiger partial charge in [-0.3, -0.25) is 4.79 Å². The van der Waals surface area contributed by atoms with E-state index < -0.39 is 0 Å². The summed E-state index contributed by atoms with van der Waals surface area (Å²) in [6, 6.07) is 6.95. The molecule has 74 valence electrons. The Morgan fingerprint density at radius 3 is 3.07 bits per heavy atom. The van der Waals surface area contributed by atoms with Gasteiger partial charge in [0.05, 0.1) is 0 Å². The van der Waals surface area contributed by atoms with Crippen molar-refractivity contribution in [3.63, 3.8) is 0 Å². The minimum absolute atomic E-state index is 0.203. The fourth-order valence-electron chi connectivity index (χ4n) is 1.66. The smallest absolute Gasteiger partial charge is 0.270 e. The molecule has 2 aromatic rings. The monoisotopic (exact) mass is 201 g/mol. The first-order valence-corrected chi connectivity index (χ1v) is 4.53. The van der Waals surface area contributed by atoms with Crippen LogP contribution in [0.1, 0.15) is 0 Å². The van der Waals surface area contributed by atoms with E-state index in [1.165, 1.54) is 12.3 Å². The molecule has 0 N–H and O–H groups in total. The zero-order valence-corrected chi connectivity index (χ0v) is 7.77. The van der Waals surface area contributed by atoms with Crippen LogP contribution in [0.15, 0.2) is 35.3 Å². The Balaban J connectivity index is 2.50.